The lowest BCUT2D eigenvalue weighted by Crippen LogP contribution is -2.11. The van der Waals surface area contributed by atoms with E-state index < -0.39 is 0 Å². The van der Waals surface area contributed by atoms with E-state index in [9.17, 15) is 0 Å². The maximum absolute atomic E-state index is 5.63. The van der Waals surface area contributed by atoms with Crippen molar-refractivity contribution in [2.45, 2.75) is 20.8 Å². The number of amidine groups is 1. The third-order valence-electron chi connectivity index (χ3n) is 1.75. The summed E-state index contributed by atoms with van der Waals surface area (Å²) < 4.78 is 0. The van der Waals surface area contributed by atoms with E-state index >= 15 is 0 Å². The molecule has 1 aliphatic heterocycles. The Balaban J connectivity index is 3.23. The van der Waals surface area contributed by atoms with Gasteiger partial charge in [-0.3, -0.25) is 0 Å². The third kappa shape index (κ3) is 1.60. The maximum Gasteiger partial charge on any atom is 0.134 e. The van der Waals surface area contributed by atoms with Crippen molar-refractivity contribution in [3.8, 4) is 0 Å². The van der Waals surface area contributed by atoms with Crippen LogP contribution in [-0.4, -0.2) is 5.84 Å². The first-order chi connectivity index (χ1) is 5.11. The van der Waals surface area contributed by atoms with Crippen LogP contribution in [0.2, 0.25) is 0 Å². The zero-order valence-electron chi connectivity index (χ0n) is 7.10. The average Bonchev–Trinajstić information content (AvgIpc) is 2.05. The zero-order valence-corrected chi connectivity index (χ0v) is 7.10. The van der Waals surface area contributed by atoms with E-state index in [2.05, 4.69) is 10.7 Å². The van der Waals surface area contributed by atoms with Crippen LogP contribution in [0.4, 0.5) is 0 Å². The van der Waals surface area contributed by atoms with Crippen molar-refractivity contribution in [2.24, 2.45) is 10.7 Å². The summed E-state index contributed by atoms with van der Waals surface area (Å²) in [5.74, 6) is 0.565. The number of nitrogens with two attached hydrogens (primary N) is 1. The number of nitrogens with zero attached hydrogens (tertiary/aromatic N) is 1. The Labute approximate surface area is 66.8 Å². The van der Waals surface area contributed by atoms with Gasteiger partial charge in [-0.15, -0.1) is 5.73 Å². The molecular formula is C9H12N2. The van der Waals surface area contributed by atoms with Crippen molar-refractivity contribution in [2.75, 3.05) is 0 Å². The molecule has 1 rings (SSSR count). The molecule has 0 spiro atoms. The summed E-state index contributed by atoms with van der Waals surface area (Å²) in [5, 5.41) is 0. The predicted molar refractivity (Wildman–Crippen MR) is 47.3 cm³/mol. The van der Waals surface area contributed by atoms with Gasteiger partial charge in [0, 0.05) is 11.3 Å². The Morgan fingerprint density at radius 1 is 1.36 bits per heavy atom. The highest BCUT2D eigenvalue weighted by Crippen LogP contribution is 2.10. The first-order valence-electron chi connectivity index (χ1n) is 3.56. The summed E-state index contributed by atoms with van der Waals surface area (Å²) in [6.45, 7) is 5.85. The fraction of sp³-hybridized carbons (Fsp3) is 0.333. The zero-order chi connectivity index (χ0) is 8.43. The highest BCUT2D eigenvalue weighted by molar-refractivity contribution is 5.97. The standard InChI is InChI=1S/C9H12N2/c1-6-4-5-7(2)9(10)11-8(6)3/h4H,1-3H3,(H2,10,11). The van der Waals surface area contributed by atoms with E-state index in [1.54, 1.807) is 0 Å². The minimum absolute atomic E-state index is 0.565. The summed E-state index contributed by atoms with van der Waals surface area (Å²) in [6, 6.07) is 0. The Hall–Kier alpha value is -1.27. The molecule has 0 amide bonds. The van der Waals surface area contributed by atoms with Crippen molar-refractivity contribution >= 4 is 5.84 Å². The van der Waals surface area contributed by atoms with Gasteiger partial charge in [-0.25, -0.2) is 4.99 Å². The van der Waals surface area contributed by atoms with Crippen molar-refractivity contribution in [3.05, 3.63) is 28.7 Å². The van der Waals surface area contributed by atoms with Crippen LogP contribution in [-0.2, 0) is 0 Å². The molecule has 2 nitrogen and oxygen atoms in total. The molecule has 2 N–H and O–H groups in total. The van der Waals surface area contributed by atoms with Crippen LogP contribution in [0.1, 0.15) is 20.8 Å². The Kier molecular flexibility index (Phi) is 1.97. The SMILES string of the molecule is CC1=C=CC(C)=C(C)N=C1N. The fourth-order valence-electron chi connectivity index (χ4n) is 0.748. The van der Waals surface area contributed by atoms with Crippen LogP contribution in [0.25, 0.3) is 0 Å². The van der Waals surface area contributed by atoms with E-state index in [4.69, 9.17) is 5.73 Å². The van der Waals surface area contributed by atoms with Gasteiger partial charge in [-0.05, 0) is 32.4 Å². The first-order valence-corrected chi connectivity index (χ1v) is 3.56. The van der Waals surface area contributed by atoms with Gasteiger partial charge in [0.2, 0.25) is 0 Å². The van der Waals surface area contributed by atoms with Crippen LogP contribution < -0.4 is 5.73 Å². The van der Waals surface area contributed by atoms with E-state index in [0.717, 1.165) is 16.8 Å². The summed E-state index contributed by atoms with van der Waals surface area (Å²) >= 11 is 0. The molecule has 11 heavy (non-hydrogen) atoms. The van der Waals surface area contributed by atoms with Crippen LogP contribution in [0.3, 0.4) is 0 Å². The highest BCUT2D eigenvalue weighted by atomic mass is 14.9. The van der Waals surface area contributed by atoms with E-state index in [1.807, 2.05) is 26.8 Å². The summed E-state index contributed by atoms with van der Waals surface area (Å²) in [4.78, 5) is 4.18. The smallest absolute Gasteiger partial charge is 0.134 e. The summed E-state index contributed by atoms with van der Waals surface area (Å²) in [7, 11) is 0. The second-order valence-corrected chi connectivity index (χ2v) is 2.68. The van der Waals surface area contributed by atoms with Gasteiger partial charge >= 0.3 is 0 Å². The van der Waals surface area contributed by atoms with Gasteiger partial charge in [0.25, 0.3) is 0 Å². The van der Waals surface area contributed by atoms with Gasteiger partial charge in [-0.2, -0.15) is 0 Å². The van der Waals surface area contributed by atoms with Gasteiger partial charge < -0.3 is 5.73 Å². The van der Waals surface area contributed by atoms with Crippen LogP contribution in [0.15, 0.2) is 33.6 Å². The largest absolute Gasteiger partial charge is 0.383 e. The number of hydrogen-bond donors (Lipinski definition) is 1. The van der Waals surface area contributed by atoms with Crippen molar-refractivity contribution in [3.63, 3.8) is 0 Å². The normalized spacial score (nSPS) is 17.7. The molecule has 0 aromatic carbocycles. The van der Waals surface area contributed by atoms with Crippen molar-refractivity contribution in [1.82, 2.24) is 0 Å². The van der Waals surface area contributed by atoms with Crippen LogP contribution in [0, 0.1) is 0 Å². The minimum Gasteiger partial charge on any atom is -0.383 e. The second-order valence-electron chi connectivity index (χ2n) is 2.68. The number of hydrogen-bond acceptors (Lipinski definition) is 2. The third-order valence-corrected chi connectivity index (χ3v) is 1.75. The lowest BCUT2D eigenvalue weighted by molar-refractivity contribution is 1.23. The molecule has 1 aliphatic rings. The molecule has 58 valence electrons. The van der Waals surface area contributed by atoms with Crippen LogP contribution >= 0.6 is 0 Å². The molecule has 1 heterocycles. The quantitative estimate of drug-likeness (QED) is 0.522. The summed E-state index contributed by atoms with van der Waals surface area (Å²) in [5.41, 5.74) is 11.7. The minimum atomic E-state index is 0.565. The van der Waals surface area contributed by atoms with E-state index in [-0.39, 0.29) is 0 Å². The number of rotatable bonds is 0. The van der Waals surface area contributed by atoms with Crippen molar-refractivity contribution < 1.29 is 0 Å². The molecule has 0 aromatic rings. The van der Waals surface area contributed by atoms with Gasteiger partial charge in [-0.1, -0.05) is 0 Å². The molecule has 0 radical (unpaired) electrons. The molecule has 0 aliphatic carbocycles. The predicted octanol–water partition coefficient (Wildman–Crippen LogP) is 1.75. The fourth-order valence-corrected chi connectivity index (χ4v) is 0.748. The van der Waals surface area contributed by atoms with Crippen molar-refractivity contribution in [1.29, 1.82) is 0 Å². The van der Waals surface area contributed by atoms with E-state index in [1.165, 1.54) is 0 Å². The van der Waals surface area contributed by atoms with E-state index in [0.29, 0.717) is 5.84 Å². The summed E-state index contributed by atoms with van der Waals surface area (Å²) in [6.07, 6.45) is 1.91. The monoisotopic (exact) mass is 148 g/mol. The number of aliphatic imine (C=N–C) groups is 1. The molecule has 0 saturated carbocycles. The molecular weight excluding hydrogens is 136 g/mol. The topological polar surface area (TPSA) is 38.4 Å². The van der Waals surface area contributed by atoms with Crippen LogP contribution in [0.5, 0.6) is 0 Å². The number of allylic oxidation sites excluding steroid dienone is 2. The highest BCUT2D eigenvalue weighted by Gasteiger charge is 1.99. The Bertz CT molecular complexity index is 300. The Morgan fingerprint density at radius 2 is 2.00 bits per heavy atom. The molecule has 0 unspecified atom stereocenters. The molecule has 0 fully saturated rings. The lowest BCUT2D eigenvalue weighted by atomic mass is 10.2. The molecule has 0 saturated heterocycles. The molecule has 0 bridgehead atoms. The molecule has 0 atom stereocenters. The lowest BCUT2D eigenvalue weighted by Gasteiger charge is -1.96. The van der Waals surface area contributed by atoms with Gasteiger partial charge in [0.15, 0.2) is 0 Å². The molecule has 2 heteroatoms. The molecule has 0 aromatic heterocycles. The van der Waals surface area contributed by atoms with Gasteiger partial charge in [0.05, 0.1) is 0 Å². The van der Waals surface area contributed by atoms with Gasteiger partial charge in [0.1, 0.15) is 5.84 Å². The Morgan fingerprint density at radius 3 is 2.64 bits per heavy atom. The first kappa shape index (κ1) is 7.83. The second kappa shape index (κ2) is 2.77. The maximum atomic E-state index is 5.63. The average molecular weight is 148 g/mol.